The van der Waals surface area contributed by atoms with Gasteiger partial charge in [0.2, 0.25) is 5.91 Å². The van der Waals surface area contributed by atoms with Crippen LogP contribution in [-0.2, 0) is 10.2 Å². The third-order valence-electron chi connectivity index (χ3n) is 3.58. The second-order valence-electron chi connectivity index (χ2n) is 6.48. The lowest BCUT2D eigenvalue weighted by molar-refractivity contribution is -0.386. The Balaban J connectivity index is 2.82. The fourth-order valence-corrected chi connectivity index (χ4v) is 2.25. The van der Waals surface area contributed by atoms with Gasteiger partial charge in [-0.25, -0.2) is 0 Å². The Bertz CT molecular complexity index is 591. The first-order valence-electron chi connectivity index (χ1n) is 7.57. The van der Waals surface area contributed by atoms with E-state index in [9.17, 15) is 14.9 Å². The van der Waals surface area contributed by atoms with Gasteiger partial charge in [-0.1, -0.05) is 27.4 Å². The van der Waals surface area contributed by atoms with Gasteiger partial charge < -0.3 is 10.2 Å². The molecule has 1 N–H and O–H groups in total. The first-order chi connectivity index (χ1) is 10.7. The topological polar surface area (TPSA) is 75.5 Å². The Morgan fingerprint density at radius 2 is 2.09 bits per heavy atom. The van der Waals surface area contributed by atoms with Crippen molar-refractivity contribution in [2.24, 2.45) is 0 Å². The molecule has 23 heavy (non-hydrogen) atoms. The van der Waals surface area contributed by atoms with E-state index < -0.39 is 0 Å². The van der Waals surface area contributed by atoms with Gasteiger partial charge in [0.25, 0.3) is 5.69 Å². The second-order valence-corrected chi connectivity index (χ2v) is 6.48. The van der Waals surface area contributed by atoms with Crippen LogP contribution < -0.4 is 10.2 Å². The van der Waals surface area contributed by atoms with Crippen LogP contribution >= 0.6 is 0 Å². The lowest BCUT2D eigenvalue weighted by atomic mass is 9.85. The van der Waals surface area contributed by atoms with E-state index in [4.69, 9.17) is 0 Å². The van der Waals surface area contributed by atoms with Crippen LogP contribution in [0.3, 0.4) is 0 Å². The normalized spacial score (nSPS) is 11.0. The standard InChI is InChI=1S/C17H25N3O3/c1-6-16(21)18-10-7-11-19(5)13-8-9-15(20(22)23)14(12-13)17(2,3)4/h6,8-9,12H,1,7,10-11H2,2-5H3,(H,18,21). The summed E-state index contributed by atoms with van der Waals surface area (Å²) < 4.78 is 0. The molecule has 6 nitrogen and oxygen atoms in total. The zero-order valence-electron chi connectivity index (χ0n) is 14.3. The third-order valence-corrected chi connectivity index (χ3v) is 3.58. The first kappa shape index (κ1) is 18.7. The minimum absolute atomic E-state index is 0.146. The molecule has 1 rings (SSSR count). The lowest BCUT2D eigenvalue weighted by Gasteiger charge is -2.24. The van der Waals surface area contributed by atoms with Crippen molar-refractivity contribution in [3.05, 3.63) is 46.5 Å². The second kappa shape index (κ2) is 7.76. The van der Waals surface area contributed by atoms with Crippen LogP contribution in [0.25, 0.3) is 0 Å². The number of hydrogen-bond acceptors (Lipinski definition) is 4. The van der Waals surface area contributed by atoms with Gasteiger partial charge in [0, 0.05) is 37.5 Å². The van der Waals surface area contributed by atoms with Crippen molar-refractivity contribution in [1.82, 2.24) is 5.32 Å². The minimum atomic E-state index is -0.338. The summed E-state index contributed by atoms with van der Waals surface area (Å²) in [6.07, 6.45) is 2.02. The number of anilines is 1. The van der Waals surface area contributed by atoms with Gasteiger partial charge in [0.1, 0.15) is 0 Å². The maximum Gasteiger partial charge on any atom is 0.273 e. The Morgan fingerprint density at radius 3 is 2.61 bits per heavy atom. The molecular weight excluding hydrogens is 294 g/mol. The van der Waals surface area contributed by atoms with Crippen molar-refractivity contribution < 1.29 is 9.72 Å². The molecule has 1 aromatic carbocycles. The largest absolute Gasteiger partial charge is 0.375 e. The molecule has 0 aliphatic carbocycles. The number of benzene rings is 1. The van der Waals surface area contributed by atoms with Crippen LogP contribution in [0.15, 0.2) is 30.9 Å². The summed E-state index contributed by atoms with van der Waals surface area (Å²) in [5.74, 6) is -0.182. The lowest BCUT2D eigenvalue weighted by Crippen LogP contribution is -2.27. The maximum absolute atomic E-state index is 11.2. The molecule has 0 aromatic heterocycles. The van der Waals surface area contributed by atoms with Gasteiger partial charge >= 0.3 is 0 Å². The van der Waals surface area contributed by atoms with Crippen molar-refractivity contribution >= 4 is 17.3 Å². The predicted octanol–water partition coefficient (Wildman–Crippen LogP) is 3.02. The molecule has 1 aromatic rings. The fraction of sp³-hybridized carbons (Fsp3) is 0.471. The van der Waals surface area contributed by atoms with Gasteiger partial charge in [0.05, 0.1) is 4.92 Å². The number of rotatable bonds is 7. The van der Waals surface area contributed by atoms with Crippen molar-refractivity contribution in [3.8, 4) is 0 Å². The minimum Gasteiger partial charge on any atom is -0.375 e. The summed E-state index contributed by atoms with van der Waals surface area (Å²) >= 11 is 0. The summed E-state index contributed by atoms with van der Waals surface area (Å²) in [4.78, 5) is 24.0. The molecule has 0 spiro atoms. The molecule has 0 fully saturated rings. The number of carbonyl (C=O) groups excluding carboxylic acids is 1. The van der Waals surface area contributed by atoms with Crippen LogP contribution in [0, 0.1) is 10.1 Å². The maximum atomic E-state index is 11.2. The van der Waals surface area contributed by atoms with Crippen molar-refractivity contribution in [2.75, 3.05) is 25.0 Å². The van der Waals surface area contributed by atoms with E-state index in [1.54, 1.807) is 12.1 Å². The summed E-state index contributed by atoms with van der Waals surface area (Å²) in [6.45, 7) is 10.6. The van der Waals surface area contributed by atoms with E-state index in [-0.39, 0.29) is 21.9 Å². The summed E-state index contributed by atoms with van der Waals surface area (Å²) in [7, 11) is 1.93. The number of nitro benzene ring substituents is 1. The molecule has 1 amide bonds. The number of nitrogens with zero attached hydrogens (tertiary/aromatic N) is 2. The highest BCUT2D eigenvalue weighted by Gasteiger charge is 2.25. The van der Waals surface area contributed by atoms with Gasteiger partial charge in [-0.2, -0.15) is 0 Å². The number of amides is 1. The number of nitrogens with one attached hydrogen (secondary N) is 1. The van der Waals surface area contributed by atoms with Gasteiger partial charge in [-0.05, 0) is 30.0 Å². The smallest absolute Gasteiger partial charge is 0.273 e. The zero-order chi connectivity index (χ0) is 17.6. The van der Waals surface area contributed by atoms with Crippen LogP contribution in [-0.4, -0.2) is 31.0 Å². The number of hydrogen-bond donors (Lipinski definition) is 1. The highest BCUT2D eigenvalue weighted by molar-refractivity contribution is 5.86. The van der Waals surface area contributed by atoms with Gasteiger partial charge in [0.15, 0.2) is 0 Å². The highest BCUT2D eigenvalue weighted by atomic mass is 16.6. The van der Waals surface area contributed by atoms with Gasteiger partial charge in [-0.15, -0.1) is 0 Å². The van der Waals surface area contributed by atoms with Crippen LogP contribution in [0.1, 0.15) is 32.8 Å². The molecular formula is C17H25N3O3. The summed E-state index contributed by atoms with van der Waals surface area (Å²) in [5.41, 5.74) is 1.48. The van der Waals surface area contributed by atoms with Crippen molar-refractivity contribution in [3.63, 3.8) is 0 Å². The fourth-order valence-electron chi connectivity index (χ4n) is 2.25. The van der Waals surface area contributed by atoms with E-state index in [1.165, 1.54) is 6.08 Å². The molecule has 0 radical (unpaired) electrons. The van der Waals surface area contributed by atoms with E-state index in [0.29, 0.717) is 12.1 Å². The first-order valence-corrected chi connectivity index (χ1v) is 7.57. The average molecular weight is 319 g/mol. The molecule has 0 bridgehead atoms. The molecule has 126 valence electrons. The molecule has 0 heterocycles. The van der Waals surface area contributed by atoms with Crippen LogP contribution in [0.2, 0.25) is 0 Å². The van der Waals surface area contributed by atoms with E-state index >= 15 is 0 Å². The number of nitro groups is 1. The van der Waals surface area contributed by atoms with Crippen molar-refractivity contribution in [2.45, 2.75) is 32.6 Å². The molecule has 0 saturated heterocycles. The van der Waals surface area contributed by atoms with Crippen LogP contribution in [0.4, 0.5) is 11.4 Å². The molecule has 6 heteroatoms. The molecule has 0 aliphatic heterocycles. The Morgan fingerprint density at radius 1 is 1.43 bits per heavy atom. The quantitative estimate of drug-likeness (QED) is 0.363. The predicted molar refractivity (Wildman–Crippen MR) is 92.9 cm³/mol. The molecule has 0 unspecified atom stereocenters. The van der Waals surface area contributed by atoms with Gasteiger partial charge in [-0.3, -0.25) is 14.9 Å². The Kier molecular flexibility index (Phi) is 6.30. The SMILES string of the molecule is C=CC(=O)NCCCN(C)c1ccc([N+](=O)[O-])c(C(C)(C)C)c1. The highest BCUT2D eigenvalue weighted by Crippen LogP contribution is 2.34. The monoisotopic (exact) mass is 319 g/mol. The summed E-state index contributed by atoms with van der Waals surface area (Å²) in [5, 5.41) is 13.9. The van der Waals surface area contributed by atoms with E-state index in [1.807, 2.05) is 38.8 Å². The van der Waals surface area contributed by atoms with Crippen molar-refractivity contribution in [1.29, 1.82) is 0 Å². The van der Waals surface area contributed by atoms with E-state index in [2.05, 4.69) is 11.9 Å². The van der Waals surface area contributed by atoms with E-state index in [0.717, 1.165) is 18.7 Å². The molecule has 0 aliphatic rings. The Hall–Kier alpha value is -2.37. The Labute approximate surface area is 137 Å². The number of carbonyl (C=O) groups is 1. The zero-order valence-corrected chi connectivity index (χ0v) is 14.3. The molecule has 0 saturated carbocycles. The third kappa shape index (κ3) is 5.39. The van der Waals surface area contributed by atoms with Crippen LogP contribution in [0.5, 0.6) is 0 Å². The molecule has 0 atom stereocenters. The summed E-state index contributed by atoms with van der Waals surface area (Å²) in [6, 6.07) is 5.20. The average Bonchev–Trinajstić information content (AvgIpc) is 2.49.